The van der Waals surface area contributed by atoms with Gasteiger partial charge in [0.25, 0.3) is 5.56 Å². The van der Waals surface area contributed by atoms with Crippen LogP contribution in [0.5, 0.6) is 0 Å². The second-order valence-electron chi connectivity index (χ2n) is 6.87. The van der Waals surface area contributed by atoms with Crippen molar-refractivity contribution in [1.82, 2.24) is 14.5 Å². The van der Waals surface area contributed by atoms with Crippen molar-refractivity contribution < 1.29 is 13.6 Å². The summed E-state index contributed by atoms with van der Waals surface area (Å²) >= 11 is 6.10. The number of halogens is 3. The van der Waals surface area contributed by atoms with Gasteiger partial charge in [-0.1, -0.05) is 17.7 Å². The number of anilines is 1. The second-order valence-corrected chi connectivity index (χ2v) is 7.27. The van der Waals surface area contributed by atoms with E-state index in [1.54, 1.807) is 22.8 Å². The number of piperidine rings is 1. The van der Waals surface area contributed by atoms with Gasteiger partial charge in [-0.2, -0.15) is 0 Å². The van der Waals surface area contributed by atoms with E-state index in [4.69, 9.17) is 11.6 Å². The fourth-order valence-corrected chi connectivity index (χ4v) is 3.75. The molecule has 0 unspecified atom stereocenters. The van der Waals surface area contributed by atoms with Gasteiger partial charge in [0.1, 0.15) is 11.6 Å². The van der Waals surface area contributed by atoms with Crippen molar-refractivity contribution in [2.75, 3.05) is 18.4 Å². The van der Waals surface area contributed by atoms with Crippen molar-refractivity contribution >= 4 is 34.2 Å². The van der Waals surface area contributed by atoms with Gasteiger partial charge in [0.05, 0.1) is 27.9 Å². The molecule has 3 aromatic rings. The number of amides is 2. The fourth-order valence-electron chi connectivity index (χ4n) is 3.52. The third kappa shape index (κ3) is 3.80. The van der Waals surface area contributed by atoms with Gasteiger partial charge in [-0.05, 0) is 37.1 Å². The number of aromatic nitrogens is 2. The van der Waals surface area contributed by atoms with E-state index in [9.17, 15) is 18.4 Å². The fraction of sp³-hybridized carbons (Fsp3) is 0.250. The van der Waals surface area contributed by atoms with Crippen molar-refractivity contribution in [1.29, 1.82) is 0 Å². The molecular weight excluding hydrogens is 402 g/mol. The molecule has 0 radical (unpaired) electrons. The number of hydrogen-bond donors (Lipinski definition) is 1. The molecule has 1 N–H and O–H groups in total. The smallest absolute Gasteiger partial charge is 0.321 e. The molecule has 0 saturated carbocycles. The SMILES string of the molecule is O=C(Nc1ccc(F)cc1F)N1CCC(n2cnc3c(Cl)cccc3c2=O)CC1. The third-order valence-corrected chi connectivity index (χ3v) is 5.39. The zero-order chi connectivity index (χ0) is 20.5. The summed E-state index contributed by atoms with van der Waals surface area (Å²) in [6.45, 7) is 0.776. The molecule has 6 nitrogen and oxygen atoms in total. The Morgan fingerprint density at radius 3 is 2.66 bits per heavy atom. The molecule has 1 aliphatic rings. The van der Waals surface area contributed by atoms with Gasteiger partial charge >= 0.3 is 6.03 Å². The molecule has 4 rings (SSSR count). The number of fused-ring (bicyclic) bond motifs is 1. The Morgan fingerprint density at radius 1 is 1.17 bits per heavy atom. The first-order valence-corrected chi connectivity index (χ1v) is 9.48. The highest BCUT2D eigenvalue weighted by molar-refractivity contribution is 6.34. The summed E-state index contributed by atoms with van der Waals surface area (Å²) in [5.41, 5.74) is 0.215. The zero-order valence-electron chi connectivity index (χ0n) is 15.2. The first kappa shape index (κ1) is 19.3. The Kier molecular flexibility index (Phi) is 5.19. The van der Waals surface area contributed by atoms with E-state index in [0.717, 1.165) is 6.07 Å². The molecule has 2 aromatic carbocycles. The largest absolute Gasteiger partial charge is 0.324 e. The van der Waals surface area contributed by atoms with Crippen LogP contribution < -0.4 is 10.9 Å². The summed E-state index contributed by atoms with van der Waals surface area (Å²) in [7, 11) is 0. The summed E-state index contributed by atoms with van der Waals surface area (Å²) in [5, 5.41) is 3.33. The normalized spacial score (nSPS) is 14.9. The topological polar surface area (TPSA) is 67.2 Å². The minimum atomic E-state index is -0.833. The molecule has 0 aliphatic carbocycles. The van der Waals surface area contributed by atoms with E-state index in [0.29, 0.717) is 47.9 Å². The number of urea groups is 1. The molecule has 1 saturated heterocycles. The van der Waals surface area contributed by atoms with Crippen LogP contribution in [0.4, 0.5) is 19.3 Å². The molecule has 2 amide bonds. The number of carbonyl (C=O) groups is 1. The lowest BCUT2D eigenvalue weighted by atomic mass is 10.0. The maximum Gasteiger partial charge on any atom is 0.321 e. The molecule has 1 fully saturated rings. The maximum absolute atomic E-state index is 13.7. The summed E-state index contributed by atoms with van der Waals surface area (Å²) in [6, 6.07) is 7.48. The maximum atomic E-state index is 13.7. The Balaban J connectivity index is 1.45. The summed E-state index contributed by atoms with van der Waals surface area (Å²) < 4.78 is 28.3. The van der Waals surface area contributed by atoms with Crippen LogP contribution in [0.3, 0.4) is 0 Å². The van der Waals surface area contributed by atoms with Crippen LogP contribution in [0, 0.1) is 11.6 Å². The number of para-hydroxylation sites is 1. The van der Waals surface area contributed by atoms with Crippen molar-refractivity contribution in [3.8, 4) is 0 Å². The Morgan fingerprint density at radius 2 is 1.93 bits per heavy atom. The van der Waals surface area contributed by atoms with Gasteiger partial charge in [-0.25, -0.2) is 18.6 Å². The van der Waals surface area contributed by atoms with Crippen LogP contribution >= 0.6 is 11.6 Å². The predicted molar refractivity (Wildman–Crippen MR) is 106 cm³/mol. The molecule has 0 bridgehead atoms. The Labute approximate surface area is 169 Å². The van der Waals surface area contributed by atoms with Gasteiger partial charge in [-0.15, -0.1) is 0 Å². The summed E-state index contributed by atoms with van der Waals surface area (Å²) in [6.07, 6.45) is 2.59. The highest BCUT2D eigenvalue weighted by Crippen LogP contribution is 2.24. The molecule has 1 aromatic heterocycles. The van der Waals surface area contributed by atoms with Crippen molar-refractivity contribution in [3.63, 3.8) is 0 Å². The molecule has 1 aliphatic heterocycles. The number of nitrogens with zero attached hydrogens (tertiary/aromatic N) is 3. The van der Waals surface area contributed by atoms with Crippen LogP contribution in [0.15, 0.2) is 47.5 Å². The number of nitrogens with one attached hydrogen (secondary N) is 1. The highest BCUT2D eigenvalue weighted by atomic mass is 35.5. The zero-order valence-corrected chi connectivity index (χ0v) is 16.0. The number of likely N-dealkylation sites (tertiary alicyclic amines) is 1. The van der Waals surface area contributed by atoms with Crippen LogP contribution in [-0.4, -0.2) is 33.6 Å². The van der Waals surface area contributed by atoms with E-state index in [2.05, 4.69) is 10.3 Å². The third-order valence-electron chi connectivity index (χ3n) is 5.08. The first-order valence-electron chi connectivity index (χ1n) is 9.10. The first-order chi connectivity index (χ1) is 13.9. The van der Waals surface area contributed by atoms with Gasteiger partial charge < -0.3 is 10.2 Å². The van der Waals surface area contributed by atoms with E-state index >= 15 is 0 Å². The molecule has 2 heterocycles. The van der Waals surface area contributed by atoms with E-state index in [-0.39, 0.29) is 17.3 Å². The summed E-state index contributed by atoms with van der Waals surface area (Å²) in [4.78, 5) is 31.0. The average Bonchev–Trinajstić information content (AvgIpc) is 2.71. The predicted octanol–water partition coefficient (Wildman–Crippen LogP) is 4.20. The molecule has 150 valence electrons. The van der Waals surface area contributed by atoms with E-state index in [1.165, 1.54) is 17.3 Å². The van der Waals surface area contributed by atoms with Crippen LogP contribution in [0.1, 0.15) is 18.9 Å². The van der Waals surface area contributed by atoms with E-state index < -0.39 is 17.7 Å². The lowest BCUT2D eigenvalue weighted by molar-refractivity contribution is 0.182. The number of carbonyl (C=O) groups excluding carboxylic acids is 1. The standard InChI is InChI=1S/C20H17ClF2N4O2/c21-15-3-1-2-14-18(15)24-11-27(19(14)28)13-6-8-26(9-7-13)20(29)25-17-5-4-12(22)10-16(17)23/h1-5,10-11,13H,6-9H2,(H,25,29). The average molecular weight is 419 g/mol. The second kappa shape index (κ2) is 7.79. The Hall–Kier alpha value is -3.00. The van der Waals surface area contributed by atoms with Gasteiger partial charge in [0.2, 0.25) is 0 Å². The Bertz CT molecular complexity index is 1140. The van der Waals surface area contributed by atoms with Crippen molar-refractivity contribution in [2.24, 2.45) is 0 Å². The molecule has 0 spiro atoms. The van der Waals surface area contributed by atoms with Crippen molar-refractivity contribution in [2.45, 2.75) is 18.9 Å². The number of benzene rings is 2. The van der Waals surface area contributed by atoms with Gasteiger partial charge in [0.15, 0.2) is 0 Å². The minimum absolute atomic E-state index is 0.0784. The molecule has 0 atom stereocenters. The summed E-state index contributed by atoms with van der Waals surface area (Å²) in [5.74, 6) is -1.54. The number of rotatable bonds is 2. The molecule has 9 heteroatoms. The minimum Gasteiger partial charge on any atom is -0.324 e. The molecule has 29 heavy (non-hydrogen) atoms. The lowest BCUT2D eigenvalue weighted by Gasteiger charge is -2.32. The van der Waals surface area contributed by atoms with Crippen molar-refractivity contribution in [3.05, 3.63) is 69.7 Å². The van der Waals surface area contributed by atoms with Crippen LogP contribution in [-0.2, 0) is 0 Å². The monoisotopic (exact) mass is 418 g/mol. The van der Waals surface area contributed by atoms with Gasteiger partial charge in [0, 0.05) is 25.2 Å². The van der Waals surface area contributed by atoms with Crippen LogP contribution in [0.2, 0.25) is 5.02 Å². The highest BCUT2D eigenvalue weighted by Gasteiger charge is 2.25. The van der Waals surface area contributed by atoms with E-state index in [1.807, 2.05) is 0 Å². The number of hydrogen-bond acceptors (Lipinski definition) is 3. The van der Waals surface area contributed by atoms with Crippen LogP contribution in [0.25, 0.3) is 10.9 Å². The lowest BCUT2D eigenvalue weighted by Crippen LogP contribution is -2.43. The quantitative estimate of drug-likeness (QED) is 0.678. The molecular formula is C20H17ClF2N4O2. The van der Waals surface area contributed by atoms with Gasteiger partial charge in [-0.3, -0.25) is 9.36 Å².